The Morgan fingerprint density at radius 1 is 1.29 bits per heavy atom. The molecule has 1 saturated heterocycles. The molecule has 1 aliphatic rings. The number of amides is 1. The fourth-order valence-corrected chi connectivity index (χ4v) is 3.79. The zero-order valence-electron chi connectivity index (χ0n) is 14.2. The maximum absolute atomic E-state index is 12.4. The van der Waals surface area contributed by atoms with Crippen molar-refractivity contribution in [3.63, 3.8) is 0 Å². The highest BCUT2D eigenvalue weighted by Crippen LogP contribution is 2.28. The number of rotatable bonds is 6. The second kappa shape index (κ2) is 7.85. The van der Waals surface area contributed by atoms with Gasteiger partial charge in [0.05, 0.1) is 38.5 Å². The Morgan fingerprint density at radius 3 is 2.46 bits per heavy atom. The number of hydrogen-bond acceptors (Lipinski definition) is 5. The van der Waals surface area contributed by atoms with E-state index in [9.17, 15) is 13.2 Å². The number of benzene rings is 1. The van der Waals surface area contributed by atoms with Crippen molar-refractivity contribution in [1.29, 1.82) is 0 Å². The van der Waals surface area contributed by atoms with Crippen molar-refractivity contribution in [2.75, 3.05) is 33.6 Å². The lowest BCUT2D eigenvalue weighted by molar-refractivity contribution is -0.126. The number of piperidine rings is 1. The number of carbonyl (C=O) groups excluding carboxylic acids is 1. The topological polar surface area (TPSA) is 84.9 Å². The number of ether oxygens (including phenoxy) is 2. The van der Waals surface area contributed by atoms with E-state index in [2.05, 4.69) is 5.32 Å². The van der Waals surface area contributed by atoms with E-state index < -0.39 is 10.0 Å². The summed E-state index contributed by atoms with van der Waals surface area (Å²) in [5.41, 5.74) is 0.756. The minimum absolute atomic E-state index is 0.156. The fourth-order valence-electron chi connectivity index (χ4n) is 2.88. The van der Waals surface area contributed by atoms with E-state index in [0.717, 1.165) is 5.56 Å². The van der Waals surface area contributed by atoms with Gasteiger partial charge in [-0.2, -0.15) is 0 Å². The zero-order valence-corrected chi connectivity index (χ0v) is 15.1. The average Bonchev–Trinajstić information content (AvgIpc) is 2.58. The molecule has 0 aromatic heterocycles. The molecule has 134 valence electrons. The summed E-state index contributed by atoms with van der Waals surface area (Å²) in [6.45, 7) is 0.970. The third-order valence-corrected chi connectivity index (χ3v) is 5.46. The third kappa shape index (κ3) is 4.39. The Labute approximate surface area is 143 Å². The summed E-state index contributed by atoms with van der Waals surface area (Å²) in [4.78, 5) is 12.4. The van der Waals surface area contributed by atoms with E-state index in [0.29, 0.717) is 30.9 Å². The number of carbonyl (C=O) groups is 1. The van der Waals surface area contributed by atoms with Gasteiger partial charge in [0, 0.05) is 13.1 Å². The number of nitrogens with zero attached hydrogens (tertiary/aromatic N) is 1. The molecule has 8 heteroatoms. The van der Waals surface area contributed by atoms with Gasteiger partial charge in [-0.1, -0.05) is 6.07 Å². The van der Waals surface area contributed by atoms with Gasteiger partial charge in [0.15, 0.2) is 0 Å². The summed E-state index contributed by atoms with van der Waals surface area (Å²) in [6.07, 6.45) is 2.54. The van der Waals surface area contributed by atoms with Crippen LogP contribution in [0.4, 0.5) is 0 Å². The lowest BCUT2D eigenvalue weighted by Crippen LogP contribution is -2.44. The Morgan fingerprint density at radius 2 is 1.92 bits per heavy atom. The SMILES string of the molecule is COc1cccc(OC)c1CNC(=O)[C@H]1CCCN(S(C)(=O)=O)C1. The summed E-state index contributed by atoms with van der Waals surface area (Å²) >= 11 is 0. The lowest BCUT2D eigenvalue weighted by Gasteiger charge is -2.30. The minimum atomic E-state index is -3.27. The van der Waals surface area contributed by atoms with Crippen LogP contribution in [0.1, 0.15) is 18.4 Å². The van der Waals surface area contributed by atoms with E-state index in [4.69, 9.17) is 9.47 Å². The number of methoxy groups -OCH3 is 2. The molecule has 7 nitrogen and oxygen atoms in total. The minimum Gasteiger partial charge on any atom is -0.496 e. The first-order valence-electron chi connectivity index (χ1n) is 7.79. The van der Waals surface area contributed by atoms with Gasteiger partial charge in [-0.3, -0.25) is 4.79 Å². The Hall–Kier alpha value is -1.80. The van der Waals surface area contributed by atoms with E-state index in [1.807, 2.05) is 6.07 Å². The number of hydrogen-bond donors (Lipinski definition) is 1. The van der Waals surface area contributed by atoms with E-state index >= 15 is 0 Å². The second-order valence-electron chi connectivity index (χ2n) is 5.82. The van der Waals surface area contributed by atoms with Crippen LogP contribution in [0.5, 0.6) is 11.5 Å². The van der Waals surface area contributed by atoms with Gasteiger partial charge in [0.2, 0.25) is 15.9 Å². The summed E-state index contributed by atoms with van der Waals surface area (Å²) in [5.74, 6) is 0.776. The highest BCUT2D eigenvalue weighted by Gasteiger charge is 2.30. The van der Waals surface area contributed by atoms with Crippen molar-refractivity contribution in [2.45, 2.75) is 19.4 Å². The molecule has 0 spiro atoms. The molecule has 24 heavy (non-hydrogen) atoms. The normalized spacial score (nSPS) is 18.9. The van der Waals surface area contributed by atoms with Gasteiger partial charge in [-0.25, -0.2) is 12.7 Å². The molecule has 0 bridgehead atoms. The first kappa shape index (κ1) is 18.5. The van der Waals surface area contributed by atoms with Crippen molar-refractivity contribution >= 4 is 15.9 Å². The molecule has 0 aliphatic carbocycles. The van der Waals surface area contributed by atoms with Gasteiger partial charge in [0.25, 0.3) is 0 Å². The van der Waals surface area contributed by atoms with Crippen LogP contribution in [0, 0.1) is 5.92 Å². The summed E-state index contributed by atoms with van der Waals surface area (Å²) in [5, 5.41) is 2.87. The van der Waals surface area contributed by atoms with Crippen molar-refractivity contribution in [3.05, 3.63) is 23.8 Å². The zero-order chi connectivity index (χ0) is 17.7. The van der Waals surface area contributed by atoms with Crippen LogP contribution in [-0.2, 0) is 21.4 Å². The predicted octanol–water partition coefficient (Wildman–Crippen LogP) is 0.992. The van der Waals surface area contributed by atoms with Gasteiger partial charge in [-0.15, -0.1) is 0 Å². The van der Waals surface area contributed by atoms with E-state index in [1.54, 1.807) is 26.4 Å². The molecule has 0 saturated carbocycles. The first-order valence-corrected chi connectivity index (χ1v) is 9.64. The molecule has 1 aromatic rings. The largest absolute Gasteiger partial charge is 0.496 e. The molecule has 1 amide bonds. The van der Waals surface area contributed by atoms with E-state index in [-0.39, 0.29) is 24.9 Å². The molecule has 1 heterocycles. The molecule has 1 aromatic carbocycles. The van der Waals surface area contributed by atoms with Gasteiger partial charge in [0.1, 0.15) is 11.5 Å². The summed E-state index contributed by atoms with van der Waals surface area (Å²) < 4.78 is 35.3. The number of sulfonamides is 1. The molecule has 1 aliphatic heterocycles. The standard InChI is InChI=1S/C16H24N2O5S/c1-22-14-7-4-8-15(23-2)13(14)10-17-16(19)12-6-5-9-18(11-12)24(3,20)21/h4,7-8,12H,5-6,9-11H2,1-3H3,(H,17,19)/t12-/m0/s1. The smallest absolute Gasteiger partial charge is 0.224 e. The van der Waals surface area contributed by atoms with Crippen LogP contribution >= 0.6 is 0 Å². The highest BCUT2D eigenvalue weighted by atomic mass is 32.2. The molecule has 1 N–H and O–H groups in total. The first-order chi connectivity index (χ1) is 11.4. The molecule has 1 atom stereocenters. The van der Waals surface area contributed by atoms with Gasteiger partial charge >= 0.3 is 0 Å². The Bertz CT molecular complexity index is 667. The fraction of sp³-hybridized carbons (Fsp3) is 0.562. The van der Waals surface area contributed by atoms with Crippen LogP contribution in [-0.4, -0.2) is 52.2 Å². The quantitative estimate of drug-likeness (QED) is 0.822. The average molecular weight is 356 g/mol. The van der Waals surface area contributed by atoms with Crippen LogP contribution in [0.2, 0.25) is 0 Å². The molecule has 2 rings (SSSR count). The second-order valence-corrected chi connectivity index (χ2v) is 7.80. The monoisotopic (exact) mass is 356 g/mol. The van der Waals surface area contributed by atoms with Gasteiger partial charge in [-0.05, 0) is 25.0 Å². The van der Waals surface area contributed by atoms with Crippen molar-refractivity contribution in [1.82, 2.24) is 9.62 Å². The lowest BCUT2D eigenvalue weighted by atomic mass is 9.98. The van der Waals surface area contributed by atoms with Crippen LogP contribution in [0.25, 0.3) is 0 Å². The maximum Gasteiger partial charge on any atom is 0.224 e. The number of nitrogens with one attached hydrogen (secondary N) is 1. The molecule has 0 unspecified atom stereocenters. The Balaban J connectivity index is 2.03. The van der Waals surface area contributed by atoms with Crippen molar-refractivity contribution in [2.24, 2.45) is 5.92 Å². The van der Waals surface area contributed by atoms with Crippen molar-refractivity contribution in [3.8, 4) is 11.5 Å². The predicted molar refractivity (Wildman–Crippen MR) is 90.5 cm³/mol. The molecule has 0 radical (unpaired) electrons. The highest BCUT2D eigenvalue weighted by molar-refractivity contribution is 7.88. The summed E-state index contributed by atoms with van der Waals surface area (Å²) in [7, 11) is -0.146. The van der Waals surface area contributed by atoms with Crippen LogP contribution < -0.4 is 14.8 Å². The third-order valence-electron chi connectivity index (χ3n) is 4.19. The molecular weight excluding hydrogens is 332 g/mol. The van der Waals surface area contributed by atoms with Crippen LogP contribution in [0.3, 0.4) is 0 Å². The molecule has 1 fully saturated rings. The van der Waals surface area contributed by atoms with Crippen LogP contribution in [0.15, 0.2) is 18.2 Å². The Kier molecular flexibility index (Phi) is 6.06. The van der Waals surface area contributed by atoms with Crippen molar-refractivity contribution < 1.29 is 22.7 Å². The van der Waals surface area contributed by atoms with E-state index in [1.165, 1.54) is 10.6 Å². The molecular formula is C16H24N2O5S. The van der Waals surface area contributed by atoms with Gasteiger partial charge < -0.3 is 14.8 Å². The maximum atomic E-state index is 12.4. The summed E-state index contributed by atoms with van der Waals surface area (Å²) in [6, 6.07) is 5.42.